The third kappa shape index (κ3) is 2.22. The number of hydrogen-bond acceptors (Lipinski definition) is 5. The molecule has 1 aromatic rings. The molecule has 1 aliphatic heterocycles. The summed E-state index contributed by atoms with van der Waals surface area (Å²) in [6, 6.07) is 0. The van der Waals surface area contributed by atoms with Gasteiger partial charge < -0.3 is 9.80 Å². The Balaban J connectivity index is 2.00. The van der Waals surface area contributed by atoms with Crippen molar-refractivity contribution < 1.29 is 4.79 Å². The summed E-state index contributed by atoms with van der Waals surface area (Å²) in [6.45, 7) is 8.59. The van der Waals surface area contributed by atoms with Gasteiger partial charge in [0.15, 0.2) is 0 Å². The van der Waals surface area contributed by atoms with Gasteiger partial charge in [-0.05, 0) is 25.0 Å². The van der Waals surface area contributed by atoms with Crippen LogP contribution in [-0.4, -0.2) is 58.0 Å². The minimum Gasteiger partial charge on any atom is -0.335 e. The smallest absolute Gasteiger partial charge is 0.267 e. The summed E-state index contributed by atoms with van der Waals surface area (Å²) in [7, 11) is 0. The van der Waals surface area contributed by atoms with Crippen molar-refractivity contribution in [2.24, 2.45) is 0 Å². The van der Waals surface area contributed by atoms with E-state index in [1.807, 2.05) is 11.8 Å². The molecule has 1 aliphatic rings. The van der Waals surface area contributed by atoms with Gasteiger partial charge in [-0.25, -0.2) is 0 Å². The molecule has 6 heteroatoms. The molecule has 0 spiro atoms. The number of hydrogen-bond donors (Lipinski definition) is 0. The van der Waals surface area contributed by atoms with E-state index >= 15 is 0 Å². The van der Waals surface area contributed by atoms with Crippen LogP contribution in [0.15, 0.2) is 0 Å². The highest BCUT2D eigenvalue weighted by Crippen LogP contribution is 2.14. The third-order valence-corrected chi connectivity index (χ3v) is 3.77. The van der Waals surface area contributed by atoms with Gasteiger partial charge in [0, 0.05) is 26.2 Å². The highest BCUT2D eigenvalue weighted by atomic mass is 32.1. The molecule has 1 saturated heterocycles. The highest BCUT2D eigenvalue weighted by molar-refractivity contribution is 7.07. The molecule has 1 fully saturated rings. The van der Waals surface area contributed by atoms with Crippen LogP contribution in [0, 0.1) is 6.92 Å². The van der Waals surface area contributed by atoms with Crippen LogP contribution in [0.5, 0.6) is 0 Å². The van der Waals surface area contributed by atoms with E-state index in [1.165, 1.54) is 11.5 Å². The molecule has 88 valence electrons. The van der Waals surface area contributed by atoms with Crippen LogP contribution in [0.4, 0.5) is 0 Å². The fraction of sp³-hybridized carbons (Fsp3) is 0.700. The zero-order chi connectivity index (χ0) is 11.5. The number of aryl methyl sites for hydroxylation is 1. The molecule has 0 N–H and O–H groups in total. The molecule has 0 unspecified atom stereocenters. The van der Waals surface area contributed by atoms with Crippen molar-refractivity contribution >= 4 is 17.4 Å². The maximum absolute atomic E-state index is 12.1. The van der Waals surface area contributed by atoms with Crippen LogP contribution < -0.4 is 0 Å². The van der Waals surface area contributed by atoms with E-state index in [1.54, 1.807) is 0 Å². The van der Waals surface area contributed by atoms with Crippen molar-refractivity contribution in [3.8, 4) is 0 Å². The fourth-order valence-corrected chi connectivity index (χ4v) is 2.46. The number of carbonyl (C=O) groups is 1. The normalized spacial score (nSPS) is 17.8. The first-order valence-electron chi connectivity index (χ1n) is 5.53. The van der Waals surface area contributed by atoms with E-state index in [0.29, 0.717) is 4.88 Å². The van der Waals surface area contributed by atoms with Crippen LogP contribution in [0.3, 0.4) is 0 Å². The van der Waals surface area contributed by atoms with Crippen molar-refractivity contribution in [2.75, 3.05) is 32.7 Å². The minimum atomic E-state index is 0.0863. The Bertz CT molecular complexity index is 371. The second-order valence-corrected chi connectivity index (χ2v) is 4.67. The number of likely N-dealkylation sites (N-methyl/N-ethyl adjacent to an activating group) is 1. The van der Waals surface area contributed by atoms with Gasteiger partial charge in [-0.15, -0.1) is 5.10 Å². The number of piperazine rings is 1. The number of nitrogens with zero attached hydrogens (tertiary/aromatic N) is 4. The molecule has 0 saturated carbocycles. The SMILES string of the molecule is CCN1CCN(C(=O)c2snnc2C)CC1. The van der Waals surface area contributed by atoms with Gasteiger partial charge >= 0.3 is 0 Å². The fourth-order valence-electron chi connectivity index (χ4n) is 1.84. The Morgan fingerprint density at radius 3 is 2.56 bits per heavy atom. The maximum atomic E-state index is 12.1. The van der Waals surface area contributed by atoms with Gasteiger partial charge in [0.25, 0.3) is 5.91 Å². The standard InChI is InChI=1S/C10H16N4OS/c1-3-13-4-6-14(7-5-13)10(15)9-8(2)11-12-16-9/h3-7H2,1-2H3. The molecule has 2 heterocycles. The monoisotopic (exact) mass is 240 g/mol. The molecule has 0 aromatic carbocycles. The Labute approximate surface area is 99.2 Å². The molecule has 16 heavy (non-hydrogen) atoms. The molecule has 1 amide bonds. The average molecular weight is 240 g/mol. The minimum absolute atomic E-state index is 0.0863. The van der Waals surface area contributed by atoms with E-state index in [0.717, 1.165) is 38.4 Å². The molecular formula is C10H16N4OS. The lowest BCUT2D eigenvalue weighted by Crippen LogP contribution is -2.48. The quantitative estimate of drug-likeness (QED) is 0.760. The molecule has 0 bridgehead atoms. The molecule has 0 atom stereocenters. The Hall–Kier alpha value is -1.01. The van der Waals surface area contributed by atoms with Gasteiger partial charge in [-0.3, -0.25) is 4.79 Å². The molecule has 1 aromatic heterocycles. The number of aromatic nitrogens is 2. The second-order valence-electron chi connectivity index (χ2n) is 3.91. The van der Waals surface area contributed by atoms with Crippen LogP contribution >= 0.6 is 11.5 Å². The number of amides is 1. The topological polar surface area (TPSA) is 49.3 Å². The summed E-state index contributed by atoms with van der Waals surface area (Å²) in [5, 5.41) is 3.87. The molecule has 2 rings (SSSR count). The average Bonchev–Trinajstić information content (AvgIpc) is 2.75. The second kappa shape index (κ2) is 4.88. The van der Waals surface area contributed by atoms with Crippen molar-refractivity contribution in [3.05, 3.63) is 10.6 Å². The van der Waals surface area contributed by atoms with E-state index in [9.17, 15) is 4.79 Å². The van der Waals surface area contributed by atoms with E-state index in [2.05, 4.69) is 21.4 Å². The first kappa shape index (κ1) is 11.5. The lowest BCUT2D eigenvalue weighted by Gasteiger charge is -2.33. The van der Waals surface area contributed by atoms with Gasteiger partial charge in [-0.2, -0.15) is 0 Å². The predicted molar refractivity (Wildman–Crippen MR) is 62.7 cm³/mol. The van der Waals surface area contributed by atoms with E-state index < -0.39 is 0 Å². The first-order valence-corrected chi connectivity index (χ1v) is 6.30. The van der Waals surface area contributed by atoms with Crippen molar-refractivity contribution in [3.63, 3.8) is 0 Å². The largest absolute Gasteiger partial charge is 0.335 e. The summed E-state index contributed by atoms with van der Waals surface area (Å²) >= 11 is 1.19. The molecular weight excluding hydrogens is 224 g/mol. The van der Waals surface area contributed by atoms with Gasteiger partial charge in [-0.1, -0.05) is 11.4 Å². The zero-order valence-electron chi connectivity index (χ0n) is 9.64. The Morgan fingerprint density at radius 1 is 1.38 bits per heavy atom. The number of carbonyl (C=O) groups excluding carboxylic acids is 1. The van der Waals surface area contributed by atoms with Crippen molar-refractivity contribution in [2.45, 2.75) is 13.8 Å². The van der Waals surface area contributed by atoms with Crippen LogP contribution in [0.1, 0.15) is 22.3 Å². The molecule has 0 radical (unpaired) electrons. The van der Waals surface area contributed by atoms with E-state index in [4.69, 9.17) is 0 Å². The van der Waals surface area contributed by atoms with Crippen LogP contribution in [0.2, 0.25) is 0 Å². The van der Waals surface area contributed by atoms with Crippen LogP contribution in [0.25, 0.3) is 0 Å². The van der Waals surface area contributed by atoms with Crippen molar-refractivity contribution in [1.29, 1.82) is 0 Å². The van der Waals surface area contributed by atoms with Crippen LogP contribution in [-0.2, 0) is 0 Å². The summed E-state index contributed by atoms with van der Waals surface area (Å²) < 4.78 is 3.80. The highest BCUT2D eigenvalue weighted by Gasteiger charge is 2.24. The summed E-state index contributed by atoms with van der Waals surface area (Å²) in [4.78, 5) is 17.0. The van der Waals surface area contributed by atoms with Gasteiger partial charge in [0.1, 0.15) is 4.88 Å². The lowest BCUT2D eigenvalue weighted by molar-refractivity contribution is 0.0647. The van der Waals surface area contributed by atoms with E-state index in [-0.39, 0.29) is 5.91 Å². The lowest BCUT2D eigenvalue weighted by atomic mass is 10.3. The first-order chi connectivity index (χ1) is 7.72. The maximum Gasteiger partial charge on any atom is 0.267 e. The predicted octanol–water partition coefficient (Wildman–Crippen LogP) is 0.624. The van der Waals surface area contributed by atoms with Gasteiger partial charge in [0.2, 0.25) is 0 Å². The summed E-state index contributed by atoms with van der Waals surface area (Å²) in [6.07, 6.45) is 0. The Kier molecular flexibility index (Phi) is 3.50. The summed E-state index contributed by atoms with van der Waals surface area (Å²) in [5.74, 6) is 0.0863. The van der Waals surface area contributed by atoms with Crippen molar-refractivity contribution in [1.82, 2.24) is 19.4 Å². The number of rotatable bonds is 2. The third-order valence-electron chi connectivity index (χ3n) is 2.95. The van der Waals surface area contributed by atoms with Gasteiger partial charge in [0.05, 0.1) is 5.69 Å². The molecule has 0 aliphatic carbocycles. The summed E-state index contributed by atoms with van der Waals surface area (Å²) in [5.41, 5.74) is 0.743. The zero-order valence-corrected chi connectivity index (χ0v) is 10.5. The Morgan fingerprint density at radius 2 is 2.06 bits per heavy atom. The molecule has 5 nitrogen and oxygen atoms in total.